The van der Waals surface area contributed by atoms with Gasteiger partial charge in [0.2, 0.25) is 0 Å². The predicted molar refractivity (Wildman–Crippen MR) is 47.6 cm³/mol. The molecule has 4 nitrogen and oxygen atoms in total. The number of hydrogen-bond donors (Lipinski definition) is 1. The highest BCUT2D eigenvalue weighted by Gasteiger charge is 2.28. The fourth-order valence-electron chi connectivity index (χ4n) is 0.767. The second-order valence-electron chi connectivity index (χ2n) is 2.35. The number of aromatic carboxylic acids is 1. The van der Waals surface area contributed by atoms with E-state index in [9.17, 15) is 13.6 Å². The molecule has 0 aliphatic heterocycles. The van der Waals surface area contributed by atoms with Crippen molar-refractivity contribution in [1.82, 2.24) is 4.98 Å². The maximum Gasteiger partial charge on any atom is 0.487 e. The van der Waals surface area contributed by atoms with Crippen molar-refractivity contribution in [1.29, 1.82) is 0 Å². The minimum absolute atomic E-state index is 0.319. The van der Waals surface area contributed by atoms with E-state index in [1.54, 1.807) is 0 Å². The van der Waals surface area contributed by atoms with Crippen molar-refractivity contribution >= 4 is 29.2 Å². The molecule has 0 aromatic carbocycles. The van der Waals surface area contributed by atoms with Crippen LogP contribution in [-0.2, 0) is 0 Å². The lowest BCUT2D eigenvalue weighted by Gasteiger charge is -2.10. The molecule has 1 rings (SSSR count). The van der Waals surface area contributed by atoms with Gasteiger partial charge >= 0.3 is 11.5 Å². The van der Waals surface area contributed by atoms with E-state index in [4.69, 9.17) is 16.7 Å². The van der Waals surface area contributed by atoms with Gasteiger partial charge in [-0.05, 0) is 0 Å². The zero-order chi connectivity index (χ0) is 11.6. The Kier molecular flexibility index (Phi) is 3.31. The van der Waals surface area contributed by atoms with Gasteiger partial charge in [0.25, 0.3) is 0 Å². The van der Waals surface area contributed by atoms with Crippen molar-refractivity contribution in [3.63, 3.8) is 0 Å². The Morgan fingerprint density at radius 2 is 2.20 bits per heavy atom. The molecule has 82 valence electrons. The van der Waals surface area contributed by atoms with E-state index in [1.165, 1.54) is 0 Å². The number of ether oxygens (including phenoxy) is 1. The number of alkyl halides is 3. The number of nitrogens with zero attached hydrogens (tertiary/aromatic N) is 1. The highest BCUT2D eigenvalue weighted by atomic mass is 35.5. The fraction of sp³-hybridized carbons (Fsp3) is 0.143. The van der Waals surface area contributed by atoms with E-state index in [2.05, 4.69) is 21.3 Å². The van der Waals surface area contributed by atoms with Crippen molar-refractivity contribution in [3.05, 3.63) is 23.0 Å². The Morgan fingerprint density at radius 3 is 2.60 bits per heavy atom. The molecule has 0 unspecified atom stereocenters. The third-order valence-corrected chi connectivity index (χ3v) is 1.62. The average molecular weight is 258 g/mol. The molecule has 8 heteroatoms. The van der Waals surface area contributed by atoms with Crippen molar-refractivity contribution in [2.24, 2.45) is 0 Å². The number of hydrogen-bond acceptors (Lipinski definition) is 3. The summed E-state index contributed by atoms with van der Waals surface area (Å²) in [5.74, 6) is -1.80. The lowest BCUT2D eigenvalue weighted by atomic mass is 10.3. The molecule has 15 heavy (non-hydrogen) atoms. The highest BCUT2D eigenvalue weighted by Crippen LogP contribution is 2.27. The van der Waals surface area contributed by atoms with Gasteiger partial charge in [-0.15, -0.1) is 8.78 Å². The van der Waals surface area contributed by atoms with E-state index in [-0.39, 0.29) is 5.02 Å². The van der Waals surface area contributed by atoms with Crippen LogP contribution in [0.4, 0.5) is 8.78 Å². The first-order chi connectivity index (χ1) is 6.79. The molecule has 1 heterocycles. The molecule has 0 atom stereocenters. The summed E-state index contributed by atoms with van der Waals surface area (Å²) in [7, 11) is 0. The van der Waals surface area contributed by atoms with Crippen molar-refractivity contribution in [2.75, 3.05) is 0 Å². The summed E-state index contributed by atoms with van der Waals surface area (Å²) in [5.41, 5.74) is -4.35. The first-order valence-corrected chi connectivity index (χ1v) is 4.20. The number of carbonyl (C=O) groups is 1. The van der Waals surface area contributed by atoms with Crippen molar-refractivity contribution in [3.8, 4) is 5.75 Å². The molecule has 0 fully saturated rings. The Labute approximate surface area is 92.4 Å². The molecule has 0 radical (unpaired) electrons. The molecule has 1 aromatic rings. The van der Waals surface area contributed by atoms with E-state index >= 15 is 0 Å². The molecule has 0 aliphatic carbocycles. The fourth-order valence-corrected chi connectivity index (χ4v) is 1.09. The first kappa shape index (κ1) is 11.9. The van der Waals surface area contributed by atoms with Crippen LogP contribution in [-0.4, -0.2) is 21.6 Å². The number of aromatic nitrogens is 1. The van der Waals surface area contributed by atoms with Gasteiger partial charge in [0, 0.05) is 17.7 Å². The number of pyridine rings is 1. The number of carboxylic acid groups (broad SMARTS) is 1. The van der Waals surface area contributed by atoms with Crippen LogP contribution >= 0.6 is 23.2 Å². The lowest BCUT2D eigenvalue weighted by Crippen LogP contribution is -2.16. The van der Waals surface area contributed by atoms with Gasteiger partial charge in [0.15, 0.2) is 5.69 Å². The average Bonchev–Trinajstić information content (AvgIpc) is 1.99. The van der Waals surface area contributed by atoms with Crippen molar-refractivity contribution < 1.29 is 23.4 Å². The summed E-state index contributed by atoms with van der Waals surface area (Å²) < 4.78 is 28.2. The van der Waals surface area contributed by atoms with E-state index in [0.717, 1.165) is 12.3 Å². The minimum atomic E-state index is -3.89. The number of halogens is 4. The largest absolute Gasteiger partial charge is 0.487 e. The summed E-state index contributed by atoms with van der Waals surface area (Å²) in [6, 6.07) is 0.883. The van der Waals surface area contributed by atoms with Gasteiger partial charge < -0.3 is 9.84 Å². The van der Waals surface area contributed by atoms with E-state index < -0.39 is 23.0 Å². The summed E-state index contributed by atoms with van der Waals surface area (Å²) >= 11 is 9.92. The Bertz CT molecular complexity index is 394. The zero-order valence-corrected chi connectivity index (χ0v) is 8.39. The molecule has 0 aliphatic rings. The van der Waals surface area contributed by atoms with Crippen LogP contribution < -0.4 is 4.74 Å². The smallest absolute Gasteiger partial charge is 0.476 e. The molecule has 0 saturated heterocycles. The summed E-state index contributed by atoms with van der Waals surface area (Å²) in [4.78, 5) is 13.8. The molecular formula is C7H3Cl2F2NO3. The number of rotatable bonds is 3. The SMILES string of the molecule is O=C(O)c1ncc(OC(F)(F)Cl)cc1Cl. The normalized spacial score (nSPS) is 11.2. The molecule has 0 spiro atoms. The molecule has 0 bridgehead atoms. The van der Waals surface area contributed by atoms with Gasteiger partial charge in [-0.2, -0.15) is 0 Å². The summed E-state index contributed by atoms with van der Waals surface area (Å²) in [6.07, 6.45) is 0.783. The summed E-state index contributed by atoms with van der Waals surface area (Å²) in [6.45, 7) is 0. The minimum Gasteiger partial charge on any atom is -0.476 e. The maximum absolute atomic E-state index is 12.2. The molecule has 1 N–H and O–H groups in total. The second kappa shape index (κ2) is 4.16. The van der Waals surface area contributed by atoms with Gasteiger partial charge in [-0.25, -0.2) is 9.78 Å². The molecular weight excluding hydrogens is 255 g/mol. The standard InChI is InChI=1S/C7H3Cl2F2NO3/c8-4-1-3(15-7(9,10)11)2-12-5(4)6(13)14/h1-2H,(H,13,14). The topological polar surface area (TPSA) is 59.4 Å². The third-order valence-electron chi connectivity index (χ3n) is 1.25. The lowest BCUT2D eigenvalue weighted by molar-refractivity contribution is -0.0966. The van der Waals surface area contributed by atoms with Gasteiger partial charge in [0.1, 0.15) is 5.75 Å². The van der Waals surface area contributed by atoms with E-state index in [0.29, 0.717) is 0 Å². The Balaban J connectivity index is 2.97. The van der Waals surface area contributed by atoms with Crippen LogP contribution in [0.1, 0.15) is 10.5 Å². The van der Waals surface area contributed by atoms with Gasteiger partial charge in [-0.3, -0.25) is 0 Å². The number of carboxylic acids is 1. The van der Waals surface area contributed by atoms with Crippen LogP contribution in [0.2, 0.25) is 5.02 Å². The second-order valence-corrected chi connectivity index (χ2v) is 3.20. The zero-order valence-electron chi connectivity index (χ0n) is 6.88. The van der Waals surface area contributed by atoms with Crippen LogP contribution in [0, 0.1) is 0 Å². The summed E-state index contributed by atoms with van der Waals surface area (Å²) in [5, 5.41) is 8.21. The van der Waals surface area contributed by atoms with Crippen LogP contribution in [0.3, 0.4) is 0 Å². The maximum atomic E-state index is 12.2. The quantitative estimate of drug-likeness (QED) is 0.846. The van der Waals surface area contributed by atoms with Crippen LogP contribution in [0.5, 0.6) is 5.75 Å². The van der Waals surface area contributed by atoms with Gasteiger partial charge in [0.05, 0.1) is 11.2 Å². The molecule has 1 aromatic heterocycles. The van der Waals surface area contributed by atoms with Crippen molar-refractivity contribution in [2.45, 2.75) is 5.57 Å². The predicted octanol–water partition coefficient (Wildman–Crippen LogP) is 2.60. The molecule has 0 amide bonds. The first-order valence-electron chi connectivity index (χ1n) is 3.44. The molecule has 0 saturated carbocycles. The Morgan fingerprint density at radius 1 is 1.60 bits per heavy atom. The van der Waals surface area contributed by atoms with Crippen LogP contribution in [0.25, 0.3) is 0 Å². The Hall–Kier alpha value is -1.14. The third kappa shape index (κ3) is 3.49. The van der Waals surface area contributed by atoms with E-state index in [1.807, 2.05) is 0 Å². The monoisotopic (exact) mass is 257 g/mol. The highest BCUT2D eigenvalue weighted by molar-refractivity contribution is 6.33. The van der Waals surface area contributed by atoms with Crippen LogP contribution in [0.15, 0.2) is 12.3 Å². The van der Waals surface area contributed by atoms with Gasteiger partial charge in [-0.1, -0.05) is 11.6 Å².